The predicted octanol–water partition coefficient (Wildman–Crippen LogP) is 6.88. The lowest BCUT2D eigenvalue weighted by Crippen LogP contribution is -2.53. The lowest BCUT2D eigenvalue weighted by molar-refractivity contribution is -0.140. The second kappa shape index (κ2) is 15.9. The summed E-state index contributed by atoms with van der Waals surface area (Å²) < 4.78 is 43.0. The summed E-state index contributed by atoms with van der Waals surface area (Å²) in [6.07, 6.45) is 1.79. The number of benzene rings is 4. The number of halogens is 3. The second-order valence-electron chi connectivity index (χ2n) is 10.4. The number of nitrogens with zero attached hydrogens (tertiary/aromatic N) is 2. The van der Waals surface area contributed by atoms with Crippen molar-refractivity contribution in [2.24, 2.45) is 0 Å². The minimum atomic E-state index is -4.33. The molecule has 45 heavy (non-hydrogen) atoms. The number of unbranched alkanes of at least 4 members (excludes halogenated alkanes) is 1. The predicted molar refractivity (Wildman–Crippen MR) is 176 cm³/mol. The lowest BCUT2D eigenvalue weighted by atomic mass is 10.0. The van der Waals surface area contributed by atoms with Crippen LogP contribution in [0.4, 0.5) is 10.1 Å². The van der Waals surface area contributed by atoms with Crippen LogP contribution in [0.25, 0.3) is 0 Å². The van der Waals surface area contributed by atoms with Gasteiger partial charge >= 0.3 is 0 Å². The molecule has 0 radical (unpaired) electrons. The smallest absolute Gasteiger partial charge is 0.264 e. The number of hydrogen-bond donors (Lipinski definition) is 1. The molecule has 4 rings (SSSR count). The van der Waals surface area contributed by atoms with Gasteiger partial charge in [0.05, 0.1) is 15.6 Å². The first-order chi connectivity index (χ1) is 21.6. The molecule has 0 aromatic heterocycles. The molecule has 0 bridgehead atoms. The van der Waals surface area contributed by atoms with Gasteiger partial charge in [0.15, 0.2) is 0 Å². The molecular formula is C34H34Cl2FN3O4S. The van der Waals surface area contributed by atoms with Gasteiger partial charge in [-0.15, -0.1) is 0 Å². The van der Waals surface area contributed by atoms with E-state index in [-0.39, 0.29) is 34.5 Å². The first kappa shape index (κ1) is 34.0. The lowest BCUT2D eigenvalue weighted by Gasteiger charge is -2.34. The van der Waals surface area contributed by atoms with Crippen LogP contribution in [0.5, 0.6) is 0 Å². The van der Waals surface area contributed by atoms with E-state index in [9.17, 15) is 22.4 Å². The van der Waals surface area contributed by atoms with Crippen molar-refractivity contribution in [1.82, 2.24) is 10.2 Å². The third-order valence-corrected chi connectivity index (χ3v) is 9.46. The molecule has 7 nitrogen and oxygen atoms in total. The van der Waals surface area contributed by atoms with Gasteiger partial charge in [0.1, 0.15) is 18.4 Å². The van der Waals surface area contributed by atoms with Crippen LogP contribution in [0.3, 0.4) is 0 Å². The maximum Gasteiger partial charge on any atom is 0.264 e. The Bertz CT molecular complexity index is 1710. The van der Waals surface area contributed by atoms with E-state index in [1.165, 1.54) is 23.1 Å². The van der Waals surface area contributed by atoms with Gasteiger partial charge in [0, 0.05) is 24.5 Å². The standard InChI is InChI=1S/C34H34Cl2FN3O4S/c1-2-3-19-38-34(42)32(21-25-11-6-4-7-12-25)39(23-26-13-10-14-27(35)20-26)33(41)24-40(28-17-18-31(37)30(36)22-28)45(43,44)29-15-8-5-9-16-29/h4-18,20,22,32H,2-3,19,21,23-24H2,1H3,(H,38,42)/t32-/m0/s1. The van der Waals surface area contributed by atoms with E-state index < -0.39 is 34.3 Å². The third-order valence-electron chi connectivity index (χ3n) is 7.14. The van der Waals surface area contributed by atoms with Crippen molar-refractivity contribution >= 4 is 50.7 Å². The van der Waals surface area contributed by atoms with E-state index in [1.54, 1.807) is 42.5 Å². The number of anilines is 1. The summed E-state index contributed by atoms with van der Waals surface area (Å²) in [7, 11) is -4.33. The Morgan fingerprint density at radius 2 is 1.53 bits per heavy atom. The van der Waals surface area contributed by atoms with Gasteiger partial charge in [-0.3, -0.25) is 13.9 Å². The number of rotatable bonds is 14. The fourth-order valence-electron chi connectivity index (χ4n) is 4.78. The number of hydrogen-bond acceptors (Lipinski definition) is 4. The zero-order valence-electron chi connectivity index (χ0n) is 24.7. The average Bonchev–Trinajstić information content (AvgIpc) is 3.03. The molecule has 0 aliphatic carbocycles. The quantitative estimate of drug-likeness (QED) is 0.148. The van der Waals surface area contributed by atoms with Crippen LogP contribution >= 0.6 is 23.2 Å². The molecule has 4 aromatic rings. The first-order valence-electron chi connectivity index (χ1n) is 14.5. The van der Waals surface area contributed by atoms with E-state index in [2.05, 4.69) is 5.32 Å². The highest BCUT2D eigenvalue weighted by Gasteiger charge is 2.34. The van der Waals surface area contributed by atoms with Crippen LogP contribution < -0.4 is 9.62 Å². The Labute approximate surface area is 273 Å². The van der Waals surface area contributed by atoms with E-state index in [0.29, 0.717) is 17.1 Å². The van der Waals surface area contributed by atoms with Gasteiger partial charge in [-0.1, -0.05) is 97.2 Å². The third kappa shape index (κ3) is 9.06. The molecule has 0 aliphatic rings. The van der Waals surface area contributed by atoms with E-state index in [1.807, 2.05) is 37.3 Å². The molecule has 0 heterocycles. The Morgan fingerprint density at radius 3 is 2.18 bits per heavy atom. The number of nitrogens with one attached hydrogen (secondary N) is 1. The Kier molecular flexibility index (Phi) is 12.0. The van der Waals surface area contributed by atoms with Crippen molar-refractivity contribution in [3.05, 3.63) is 130 Å². The summed E-state index contributed by atoms with van der Waals surface area (Å²) in [4.78, 5) is 29.5. The molecule has 0 saturated carbocycles. The highest BCUT2D eigenvalue weighted by molar-refractivity contribution is 7.92. The van der Waals surface area contributed by atoms with Crippen LogP contribution in [0.15, 0.2) is 108 Å². The minimum Gasteiger partial charge on any atom is -0.354 e. The summed E-state index contributed by atoms with van der Waals surface area (Å²) >= 11 is 12.3. The van der Waals surface area contributed by atoms with Crippen molar-refractivity contribution in [3.63, 3.8) is 0 Å². The Morgan fingerprint density at radius 1 is 0.867 bits per heavy atom. The van der Waals surface area contributed by atoms with Gasteiger partial charge in [-0.05, 0) is 60.0 Å². The zero-order valence-corrected chi connectivity index (χ0v) is 27.0. The molecular weight excluding hydrogens is 636 g/mol. The molecule has 2 amide bonds. The zero-order chi connectivity index (χ0) is 32.4. The summed E-state index contributed by atoms with van der Waals surface area (Å²) in [5, 5.41) is 3.08. The minimum absolute atomic E-state index is 0.00619. The number of carbonyl (C=O) groups excluding carboxylic acids is 2. The monoisotopic (exact) mass is 669 g/mol. The maximum absolute atomic E-state index is 14.4. The van der Waals surface area contributed by atoms with E-state index in [0.717, 1.165) is 34.8 Å². The summed E-state index contributed by atoms with van der Waals surface area (Å²) in [6.45, 7) is 1.71. The summed E-state index contributed by atoms with van der Waals surface area (Å²) in [5.74, 6) is -1.76. The van der Waals surface area contributed by atoms with E-state index >= 15 is 0 Å². The van der Waals surface area contributed by atoms with E-state index in [4.69, 9.17) is 23.2 Å². The molecule has 11 heteroatoms. The molecule has 0 spiro atoms. The molecule has 4 aromatic carbocycles. The molecule has 0 saturated heterocycles. The van der Waals surface area contributed by atoms with Crippen LogP contribution in [0, 0.1) is 5.82 Å². The van der Waals surface area contributed by atoms with Crippen molar-refractivity contribution in [1.29, 1.82) is 0 Å². The molecule has 1 N–H and O–H groups in total. The fraction of sp³-hybridized carbons (Fsp3) is 0.235. The number of amides is 2. The van der Waals surface area contributed by atoms with Crippen molar-refractivity contribution in [2.45, 2.75) is 43.7 Å². The SMILES string of the molecule is CCCCNC(=O)[C@H](Cc1ccccc1)N(Cc1cccc(Cl)c1)C(=O)CN(c1ccc(F)c(Cl)c1)S(=O)(=O)c1ccccc1. The molecule has 0 fully saturated rings. The maximum atomic E-state index is 14.4. The largest absolute Gasteiger partial charge is 0.354 e. The van der Waals surface area contributed by atoms with Crippen LogP contribution in [-0.4, -0.2) is 44.3 Å². The second-order valence-corrected chi connectivity index (χ2v) is 13.1. The van der Waals surface area contributed by atoms with Gasteiger partial charge in [-0.25, -0.2) is 12.8 Å². The first-order valence-corrected chi connectivity index (χ1v) is 16.7. The summed E-state index contributed by atoms with van der Waals surface area (Å²) in [6, 6.07) is 26.2. The highest BCUT2D eigenvalue weighted by Crippen LogP contribution is 2.28. The summed E-state index contributed by atoms with van der Waals surface area (Å²) in [5.41, 5.74) is 1.46. The van der Waals surface area contributed by atoms with Crippen LogP contribution in [-0.2, 0) is 32.6 Å². The van der Waals surface area contributed by atoms with Gasteiger partial charge in [0.25, 0.3) is 10.0 Å². The van der Waals surface area contributed by atoms with Crippen LogP contribution in [0.2, 0.25) is 10.0 Å². The van der Waals surface area contributed by atoms with Crippen molar-refractivity contribution in [2.75, 3.05) is 17.4 Å². The van der Waals surface area contributed by atoms with Crippen molar-refractivity contribution in [3.8, 4) is 0 Å². The fourth-order valence-corrected chi connectivity index (χ4v) is 6.60. The average molecular weight is 671 g/mol. The Balaban J connectivity index is 1.80. The normalized spacial score (nSPS) is 11.9. The van der Waals surface area contributed by atoms with Gasteiger partial charge < -0.3 is 10.2 Å². The Hall–Kier alpha value is -3.92. The van der Waals surface area contributed by atoms with Crippen LogP contribution in [0.1, 0.15) is 30.9 Å². The highest BCUT2D eigenvalue weighted by atomic mass is 35.5. The topological polar surface area (TPSA) is 86.8 Å². The van der Waals surface area contributed by atoms with Gasteiger partial charge in [-0.2, -0.15) is 0 Å². The number of carbonyl (C=O) groups is 2. The molecule has 0 unspecified atom stereocenters. The van der Waals surface area contributed by atoms with Gasteiger partial charge in [0.2, 0.25) is 11.8 Å². The molecule has 236 valence electrons. The molecule has 1 atom stereocenters. The molecule has 0 aliphatic heterocycles. The van der Waals surface area contributed by atoms with Crippen molar-refractivity contribution < 1.29 is 22.4 Å². The number of sulfonamides is 1.